The van der Waals surface area contributed by atoms with E-state index in [2.05, 4.69) is 137 Å². The highest BCUT2D eigenvalue weighted by atomic mass is 31.1. The van der Waals surface area contributed by atoms with Gasteiger partial charge in [0.15, 0.2) is 6.79 Å². The van der Waals surface area contributed by atoms with E-state index in [1.54, 1.807) is 7.11 Å². The van der Waals surface area contributed by atoms with Crippen molar-refractivity contribution >= 4 is 19.6 Å². The zero-order valence-corrected chi connectivity index (χ0v) is 29.0. The van der Waals surface area contributed by atoms with Crippen LogP contribution in [0.15, 0.2) is 91.0 Å². The highest BCUT2D eigenvalue weighted by molar-refractivity contribution is 7.47. The van der Waals surface area contributed by atoms with Crippen LogP contribution in [0.5, 0.6) is 5.75 Å². The molecule has 4 aromatic carbocycles. The predicted octanol–water partition coefficient (Wildman–Crippen LogP) is 10.4. The molecule has 2 unspecified atom stereocenters. The monoisotopic (exact) mass is 609 g/mol. The Morgan fingerprint density at radius 2 is 1.55 bits per heavy atom. The molecule has 2 atom stereocenters. The highest BCUT2D eigenvalue weighted by Gasteiger charge is 2.29. The van der Waals surface area contributed by atoms with E-state index < -0.39 is 0 Å². The maximum atomic E-state index is 6.48. The maximum absolute atomic E-state index is 6.48. The second kappa shape index (κ2) is 16.3. The quantitative estimate of drug-likeness (QED) is 0.0932. The number of para-hydroxylation sites is 1. The van der Waals surface area contributed by atoms with Crippen LogP contribution in [0.4, 0.5) is 5.69 Å². The SMILES string of the molecule is CCCCC(C)(C)c1cc(C)cc(C(CC)Pc2c(C)cccc2CN(Cc2ccccc2)c2ccccc2)c1OCOC. The van der Waals surface area contributed by atoms with Crippen molar-refractivity contribution in [1.82, 2.24) is 0 Å². The van der Waals surface area contributed by atoms with Crippen molar-refractivity contribution in [3.63, 3.8) is 0 Å². The molecule has 0 fully saturated rings. The van der Waals surface area contributed by atoms with Crippen molar-refractivity contribution in [3.8, 4) is 5.75 Å². The van der Waals surface area contributed by atoms with Crippen molar-refractivity contribution in [2.45, 2.75) is 91.4 Å². The first kappa shape index (κ1) is 33.8. The summed E-state index contributed by atoms with van der Waals surface area (Å²) in [7, 11) is 2.34. The minimum absolute atomic E-state index is 0.0166. The van der Waals surface area contributed by atoms with Crippen molar-refractivity contribution in [3.05, 3.63) is 124 Å². The highest BCUT2D eigenvalue weighted by Crippen LogP contribution is 2.47. The van der Waals surface area contributed by atoms with Gasteiger partial charge in [0.05, 0.1) is 0 Å². The van der Waals surface area contributed by atoms with Crippen LogP contribution in [0.3, 0.4) is 0 Å². The van der Waals surface area contributed by atoms with Crippen molar-refractivity contribution in [1.29, 1.82) is 0 Å². The lowest BCUT2D eigenvalue weighted by Gasteiger charge is -2.32. The Morgan fingerprint density at radius 1 is 0.841 bits per heavy atom. The Hall–Kier alpha value is -3.13. The van der Waals surface area contributed by atoms with Crippen LogP contribution in [0, 0.1) is 13.8 Å². The first-order chi connectivity index (χ1) is 21.3. The predicted molar refractivity (Wildman–Crippen MR) is 191 cm³/mol. The summed E-state index contributed by atoms with van der Waals surface area (Å²) < 4.78 is 11.9. The van der Waals surface area contributed by atoms with E-state index in [4.69, 9.17) is 9.47 Å². The summed E-state index contributed by atoms with van der Waals surface area (Å²) in [6.45, 7) is 15.8. The summed E-state index contributed by atoms with van der Waals surface area (Å²) in [5.74, 6) is 1.03. The molecule has 0 saturated carbocycles. The van der Waals surface area contributed by atoms with E-state index in [0.717, 1.165) is 31.7 Å². The lowest BCUT2D eigenvalue weighted by atomic mass is 9.78. The number of rotatable bonds is 16. The van der Waals surface area contributed by atoms with Crippen LogP contribution >= 0.6 is 8.58 Å². The summed E-state index contributed by atoms with van der Waals surface area (Å²) in [5.41, 5.74) is 9.62. The molecule has 0 N–H and O–H groups in total. The van der Waals surface area contributed by atoms with Gasteiger partial charge in [0, 0.05) is 42.7 Å². The smallest absolute Gasteiger partial charge is 0.188 e. The number of ether oxygens (including phenoxy) is 2. The molecule has 234 valence electrons. The number of benzene rings is 4. The normalized spacial score (nSPS) is 12.5. The zero-order chi connectivity index (χ0) is 31.5. The van der Waals surface area contributed by atoms with E-state index in [1.807, 2.05) is 0 Å². The fourth-order valence-electron chi connectivity index (χ4n) is 6.12. The van der Waals surface area contributed by atoms with Crippen molar-refractivity contribution in [2.75, 3.05) is 18.8 Å². The number of anilines is 1. The molecular weight excluding hydrogens is 557 g/mol. The van der Waals surface area contributed by atoms with Gasteiger partial charge in [-0.05, 0) is 66.2 Å². The topological polar surface area (TPSA) is 21.7 Å². The van der Waals surface area contributed by atoms with E-state index in [9.17, 15) is 0 Å². The van der Waals surface area contributed by atoms with E-state index in [1.165, 1.54) is 57.2 Å². The molecule has 0 aliphatic heterocycles. The van der Waals surface area contributed by atoms with Crippen LogP contribution in [-0.4, -0.2) is 13.9 Å². The summed E-state index contributed by atoms with van der Waals surface area (Å²) >= 11 is 0. The average molecular weight is 610 g/mol. The Kier molecular flexibility index (Phi) is 12.5. The van der Waals surface area contributed by atoms with E-state index in [-0.39, 0.29) is 12.2 Å². The van der Waals surface area contributed by atoms with Crippen LogP contribution in [0.25, 0.3) is 0 Å². The van der Waals surface area contributed by atoms with Gasteiger partial charge in [-0.3, -0.25) is 0 Å². The largest absolute Gasteiger partial charge is 0.467 e. The molecule has 3 nitrogen and oxygen atoms in total. The second-order valence-electron chi connectivity index (χ2n) is 12.7. The lowest BCUT2D eigenvalue weighted by Crippen LogP contribution is -2.25. The number of methoxy groups -OCH3 is 1. The van der Waals surface area contributed by atoms with E-state index in [0.29, 0.717) is 14.2 Å². The van der Waals surface area contributed by atoms with Crippen LogP contribution in [-0.2, 0) is 23.2 Å². The van der Waals surface area contributed by atoms with Gasteiger partial charge in [-0.15, -0.1) is 0 Å². The molecule has 4 aromatic rings. The van der Waals surface area contributed by atoms with Gasteiger partial charge < -0.3 is 14.4 Å². The first-order valence-electron chi connectivity index (χ1n) is 16.2. The third kappa shape index (κ3) is 8.74. The molecule has 0 spiro atoms. The summed E-state index contributed by atoms with van der Waals surface area (Å²) in [6, 6.07) is 33.2. The van der Waals surface area contributed by atoms with Gasteiger partial charge in [0.2, 0.25) is 0 Å². The minimum Gasteiger partial charge on any atom is -0.467 e. The van der Waals surface area contributed by atoms with Gasteiger partial charge in [0.25, 0.3) is 0 Å². The Balaban J connectivity index is 1.74. The second-order valence-corrected chi connectivity index (χ2v) is 14.1. The third-order valence-corrected chi connectivity index (χ3v) is 10.7. The molecule has 0 aromatic heterocycles. The number of unbranched alkanes of at least 4 members (excludes halogenated alkanes) is 1. The first-order valence-corrected chi connectivity index (χ1v) is 17.3. The molecule has 4 rings (SSSR count). The average Bonchev–Trinajstić information content (AvgIpc) is 3.03. The van der Waals surface area contributed by atoms with Crippen molar-refractivity contribution in [2.24, 2.45) is 0 Å². The zero-order valence-electron chi connectivity index (χ0n) is 28.0. The van der Waals surface area contributed by atoms with Gasteiger partial charge in [0.1, 0.15) is 5.75 Å². The number of hydrogen-bond donors (Lipinski definition) is 0. The van der Waals surface area contributed by atoms with Gasteiger partial charge >= 0.3 is 0 Å². The third-order valence-electron chi connectivity index (χ3n) is 8.63. The summed E-state index contributed by atoms with van der Waals surface area (Å²) in [5, 5.41) is 1.47. The molecular formula is C40H52NO2P. The number of nitrogens with zero attached hydrogens (tertiary/aromatic N) is 1. The minimum atomic E-state index is 0.0166. The van der Waals surface area contributed by atoms with Crippen LogP contribution in [0.2, 0.25) is 0 Å². The molecule has 44 heavy (non-hydrogen) atoms. The Morgan fingerprint density at radius 3 is 2.20 bits per heavy atom. The van der Waals surface area contributed by atoms with Gasteiger partial charge in [-0.1, -0.05) is 134 Å². The summed E-state index contributed by atoms with van der Waals surface area (Å²) in [6.07, 6.45) is 4.57. The molecule has 0 heterocycles. The number of hydrogen-bond acceptors (Lipinski definition) is 3. The lowest BCUT2D eigenvalue weighted by molar-refractivity contribution is 0.0488. The van der Waals surface area contributed by atoms with E-state index >= 15 is 0 Å². The van der Waals surface area contributed by atoms with Crippen molar-refractivity contribution < 1.29 is 9.47 Å². The number of aryl methyl sites for hydroxylation is 2. The Labute approximate surface area is 268 Å². The fraction of sp³-hybridized carbons (Fsp3) is 0.400. The van der Waals surface area contributed by atoms with Crippen LogP contribution < -0.4 is 14.9 Å². The molecule has 0 amide bonds. The van der Waals surface area contributed by atoms with Gasteiger partial charge in [-0.2, -0.15) is 0 Å². The molecule has 0 radical (unpaired) electrons. The molecule has 0 saturated heterocycles. The summed E-state index contributed by atoms with van der Waals surface area (Å²) in [4.78, 5) is 2.51. The fourth-order valence-corrected chi connectivity index (χ4v) is 7.70. The molecule has 0 aliphatic rings. The Bertz CT molecular complexity index is 1450. The standard InChI is InChI=1S/C40H52NO2P/c1-8-10-24-40(5,6)36-26-30(3)25-35(38(36)43-29-42-7)37(9-2)44-39-31(4)18-17-21-33(39)28-41(34-22-15-12-16-23-34)27-32-19-13-11-14-20-32/h11-23,25-26,37,44H,8-10,24,27-29H2,1-7H3. The molecule has 0 bridgehead atoms. The van der Waals surface area contributed by atoms with Gasteiger partial charge in [-0.25, -0.2) is 0 Å². The maximum Gasteiger partial charge on any atom is 0.188 e. The molecule has 0 aliphatic carbocycles. The molecule has 4 heteroatoms. The van der Waals surface area contributed by atoms with Crippen LogP contribution in [0.1, 0.15) is 92.4 Å².